The van der Waals surface area contributed by atoms with Crippen molar-refractivity contribution in [1.29, 1.82) is 5.26 Å². The van der Waals surface area contributed by atoms with Crippen LogP contribution in [0.5, 0.6) is 0 Å². The van der Waals surface area contributed by atoms with Gasteiger partial charge in [0.25, 0.3) is 0 Å². The van der Waals surface area contributed by atoms with Crippen molar-refractivity contribution in [1.82, 2.24) is 9.78 Å². The van der Waals surface area contributed by atoms with E-state index in [1.54, 1.807) is 28.9 Å². The van der Waals surface area contributed by atoms with E-state index >= 15 is 0 Å². The highest BCUT2D eigenvalue weighted by Crippen LogP contribution is 2.23. The molecule has 3 rings (SSSR count). The molecule has 0 atom stereocenters. The minimum atomic E-state index is -0.122. The number of carbonyl (C=O) groups excluding carboxylic acids is 1. The van der Waals surface area contributed by atoms with Gasteiger partial charge in [-0.05, 0) is 37.3 Å². The molecule has 0 radical (unpaired) electrons. The van der Waals surface area contributed by atoms with E-state index < -0.39 is 0 Å². The lowest BCUT2D eigenvalue weighted by atomic mass is 10.2. The maximum Gasteiger partial charge on any atom is 0.234 e. The molecule has 1 aromatic heterocycles. The minimum Gasteiger partial charge on any atom is -0.325 e. The first-order valence-corrected chi connectivity index (χ1v) is 9.79. The fourth-order valence-corrected chi connectivity index (χ4v) is 3.65. The zero-order chi connectivity index (χ0) is 19.2. The molecule has 7 heteroatoms. The van der Waals surface area contributed by atoms with Gasteiger partial charge in [-0.15, -0.1) is 11.8 Å². The molecule has 0 saturated heterocycles. The monoisotopic (exact) mass is 396 g/mol. The number of thioether (sulfide) groups is 1. The largest absolute Gasteiger partial charge is 0.325 e. The summed E-state index contributed by atoms with van der Waals surface area (Å²) < 4.78 is 1.77. The van der Waals surface area contributed by atoms with Crippen molar-refractivity contribution >= 4 is 35.0 Å². The second-order valence-corrected chi connectivity index (χ2v) is 7.24. The average Bonchev–Trinajstić information content (AvgIpc) is 2.98. The van der Waals surface area contributed by atoms with Crippen molar-refractivity contribution in [3.8, 4) is 11.8 Å². The second-order valence-electron chi connectivity index (χ2n) is 5.82. The normalized spacial score (nSPS) is 10.4. The predicted molar refractivity (Wildman–Crippen MR) is 109 cm³/mol. The Morgan fingerprint density at radius 2 is 2.04 bits per heavy atom. The van der Waals surface area contributed by atoms with Crippen LogP contribution in [0.3, 0.4) is 0 Å². The smallest absolute Gasteiger partial charge is 0.234 e. The SMILES string of the molecule is Cc1nn(-c2ccccc2)c(CSCC(=O)Nc2cccc(Cl)c2)c1C#N. The van der Waals surface area contributed by atoms with E-state index in [4.69, 9.17) is 11.6 Å². The minimum absolute atomic E-state index is 0.122. The number of hydrogen-bond acceptors (Lipinski definition) is 4. The number of nitrogens with zero attached hydrogens (tertiary/aromatic N) is 3. The maximum absolute atomic E-state index is 12.2. The van der Waals surface area contributed by atoms with Gasteiger partial charge in [0.15, 0.2) is 0 Å². The number of nitrogens with one attached hydrogen (secondary N) is 1. The van der Waals surface area contributed by atoms with Crippen LogP contribution in [0.2, 0.25) is 5.02 Å². The molecule has 0 aliphatic rings. The molecule has 1 amide bonds. The molecular weight excluding hydrogens is 380 g/mol. The summed E-state index contributed by atoms with van der Waals surface area (Å²) in [5.74, 6) is 0.640. The van der Waals surface area contributed by atoms with Gasteiger partial charge < -0.3 is 5.32 Å². The van der Waals surface area contributed by atoms with Gasteiger partial charge in [-0.3, -0.25) is 4.79 Å². The first-order valence-electron chi connectivity index (χ1n) is 8.25. The van der Waals surface area contributed by atoms with Crippen molar-refractivity contribution < 1.29 is 4.79 Å². The lowest BCUT2D eigenvalue weighted by molar-refractivity contribution is -0.113. The average molecular weight is 397 g/mol. The highest BCUT2D eigenvalue weighted by atomic mass is 35.5. The molecule has 0 aliphatic heterocycles. The highest BCUT2D eigenvalue weighted by Gasteiger charge is 2.16. The molecule has 0 aliphatic carbocycles. The van der Waals surface area contributed by atoms with Crippen molar-refractivity contribution in [2.45, 2.75) is 12.7 Å². The molecule has 0 fully saturated rings. The van der Waals surface area contributed by atoms with E-state index in [0.717, 1.165) is 11.4 Å². The highest BCUT2D eigenvalue weighted by molar-refractivity contribution is 7.99. The predicted octanol–water partition coefficient (Wildman–Crippen LogP) is 4.58. The Hall–Kier alpha value is -2.75. The van der Waals surface area contributed by atoms with Gasteiger partial charge in [0.05, 0.1) is 28.4 Å². The number of para-hydroxylation sites is 1. The summed E-state index contributed by atoms with van der Waals surface area (Å²) in [6.07, 6.45) is 0. The van der Waals surface area contributed by atoms with E-state index in [2.05, 4.69) is 16.5 Å². The van der Waals surface area contributed by atoms with Crippen molar-refractivity contribution in [3.63, 3.8) is 0 Å². The van der Waals surface area contributed by atoms with Crippen LogP contribution in [0.1, 0.15) is 17.0 Å². The number of anilines is 1. The molecule has 27 heavy (non-hydrogen) atoms. The van der Waals surface area contributed by atoms with Crippen LogP contribution < -0.4 is 5.32 Å². The number of aromatic nitrogens is 2. The van der Waals surface area contributed by atoms with Crippen molar-refractivity contribution in [2.75, 3.05) is 11.1 Å². The van der Waals surface area contributed by atoms with Crippen LogP contribution in [-0.2, 0) is 10.5 Å². The number of nitriles is 1. The van der Waals surface area contributed by atoms with E-state index in [1.165, 1.54) is 11.8 Å². The van der Waals surface area contributed by atoms with Gasteiger partial charge in [0.2, 0.25) is 5.91 Å². The summed E-state index contributed by atoms with van der Waals surface area (Å²) in [6, 6.07) is 18.9. The van der Waals surface area contributed by atoms with Crippen LogP contribution in [0.15, 0.2) is 54.6 Å². The summed E-state index contributed by atoms with van der Waals surface area (Å²) in [4.78, 5) is 12.2. The lowest BCUT2D eigenvalue weighted by Crippen LogP contribution is -2.14. The molecule has 0 spiro atoms. The summed E-state index contributed by atoms with van der Waals surface area (Å²) >= 11 is 7.36. The molecule has 0 bridgehead atoms. The quantitative estimate of drug-likeness (QED) is 0.662. The standard InChI is InChI=1S/C20H17ClN4OS/c1-14-18(11-22)19(25(24-14)17-8-3-2-4-9-17)12-27-13-20(26)23-16-7-5-6-15(21)10-16/h2-10H,12-13H2,1H3,(H,23,26). The number of rotatable bonds is 6. The van der Waals surface area contributed by atoms with Gasteiger partial charge in [0, 0.05) is 16.5 Å². The van der Waals surface area contributed by atoms with Gasteiger partial charge >= 0.3 is 0 Å². The van der Waals surface area contributed by atoms with Crippen LogP contribution in [0.4, 0.5) is 5.69 Å². The third-order valence-corrected chi connectivity index (χ3v) is 5.03. The van der Waals surface area contributed by atoms with Gasteiger partial charge in [-0.1, -0.05) is 35.9 Å². The zero-order valence-electron chi connectivity index (χ0n) is 14.6. The van der Waals surface area contributed by atoms with Crippen LogP contribution in [0.25, 0.3) is 5.69 Å². The van der Waals surface area contributed by atoms with Crippen LogP contribution in [0, 0.1) is 18.3 Å². The Morgan fingerprint density at radius 3 is 2.74 bits per heavy atom. The van der Waals surface area contributed by atoms with E-state index in [-0.39, 0.29) is 11.7 Å². The van der Waals surface area contributed by atoms with E-state index in [9.17, 15) is 10.1 Å². The molecule has 0 unspecified atom stereocenters. The zero-order valence-corrected chi connectivity index (χ0v) is 16.2. The van der Waals surface area contributed by atoms with Crippen LogP contribution in [-0.4, -0.2) is 21.4 Å². The first-order chi connectivity index (χ1) is 13.1. The Kier molecular flexibility index (Phi) is 6.17. The van der Waals surface area contributed by atoms with E-state index in [1.807, 2.05) is 37.3 Å². The number of benzene rings is 2. The summed E-state index contributed by atoms with van der Waals surface area (Å²) in [5.41, 5.74) is 3.58. The number of carbonyl (C=O) groups is 1. The Morgan fingerprint density at radius 1 is 1.26 bits per heavy atom. The van der Waals surface area contributed by atoms with Crippen LogP contribution >= 0.6 is 23.4 Å². The topological polar surface area (TPSA) is 70.7 Å². The maximum atomic E-state index is 12.2. The Balaban J connectivity index is 1.69. The third kappa shape index (κ3) is 4.70. The summed E-state index contributed by atoms with van der Waals surface area (Å²) in [7, 11) is 0. The third-order valence-electron chi connectivity index (χ3n) is 3.85. The molecule has 0 saturated carbocycles. The van der Waals surface area contributed by atoms with Gasteiger partial charge in [0.1, 0.15) is 6.07 Å². The molecule has 3 aromatic rings. The van der Waals surface area contributed by atoms with Gasteiger partial charge in [-0.25, -0.2) is 4.68 Å². The number of aryl methyl sites for hydroxylation is 1. The van der Waals surface area contributed by atoms with E-state index in [0.29, 0.717) is 27.7 Å². The molecule has 2 aromatic carbocycles. The lowest BCUT2D eigenvalue weighted by Gasteiger charge is -2.08. The van der Waals surface area contributed by atoms with Gasteiger partial charge in [-0.2, -0.15) is 10.4 Å². The number of hydrogen-bond donors (Lipinski definition) is 1. The fourth-order valence-electron chi connectivity index (χ4n) is 2.64. The molecule has 136 valence electrons. The summed E-state index contributed by atoms with van der Waals surface area (Å²) in [5, 5.41) is 17.4. The Bertz CT molecular complexity index is 995. The Labute approximate surface area is 167 Å². The first kappa shape index (κ1) is 19.0. The molecular formula is C20H17ClN4OS. The number of amides is 1. The van der Waals surface area contributed by atoms with Crippen molar-refractivity contribution in [2.24, 2.45) is 0 Å². The fraction of sp³-hybridized carbons (Fsp3) is 0.150. The van der Waals surface area contributed by atoms with Crippen molar-refractivity contribution in [3.05, 3.63) is 76.6 Å². The molecule has 1 N–H and O–H groups in total. The molecule has 1 heterocycles. The molecule has 5 nitrogen and oxygen atoms in total. The second kappa shape index (κ2) is 8.76. The summed E-state index contributed by atoms with van der Waals surface area (Å²) in [6.45, 7) is 1.82. The number of halogens is 1.